The highest BCUT2D eigenvalue weighted by molar-refractivity contribution is 7.93. The van der Waals surface area contributed by atoms with Crippen LogP contribution in [0.4, 0.5) is 0 Å². The van der Waals surface area contributed by atoms with Crippen LogP contribution in [0.3, 0.4) is 0 Å². The standard InChI is InChI=1S/C15H14N2O4S/c18-15(14-6-3-9-21-14)16-17-22(19,20)13-8-7-11-4-1-2-5-12(11)10-13/h1-6,9-10,17H,7-8H2,(H,16,18). The lowest BCUT2D eigenvalue weighted by Gasteiger charge is -2.17. The van der Waals surface area contributed by atoms with Gasteiger partial charge in [0.2, 0.25) is 0 Å². The van der Waals surface area contributed by atoms with Gasteiger partial charge in [0.05, 0.1) is 11.2 Å². The Hall–Kier alpha value is -2.38. The maximum absolute atomic E-state index is 12.2. The fourth-order valence-electron chi connectivity index (χ4n) is 2.27. The third-order valence-electron chi connectivity index (χ3n) is 3.40. The van der Waals surface area contributed by atoms with Gasteiger partial charge in [0, 0.05) is 0 Å². The van der Waals surface area contributed by atoms with Gasteiger partial charge >= 0.3 is 5.91 Å². The lowest BCUT2D eigenvalue weighted by molar-refractivity contribution is 0.0917. The maximum Gasteiger partial charge on any atom is 0.301 e. The molecule has 2 N–H and O–H groups in total. The summed E-state index contributed by atoms with van der Waals surface area (Å²) in [4.78, 5) is 14.0. The van der Waals surface area contributed by atoms with Crippen LogP contribution < -0.4 is 10.3 Å². The van der Waals surface area contributed by atoms with E-state index in [9.17, 15) is 13.2 Å². The molecule has 0 saturated carbocycles. The number of furan rings is 1. The minimum absolute atomic E-state index is 0.0330. The second kappa shape index (κ2) is 5.78. The Labute approximate surface area is 127 Å². The molecule has 0 spiro atoms. The van der Waals surface area contributed by atoms with Gasteiger partial charge in [-0.3, -0.25) is 10.2 Å². The van der Waals surface area contributed by atoms with Crippen molar-refractivity contribution in [1.29, 1.82) is 0 Å². The monoisotopic (exact) mass is 318 g/mol. The molecule has 0 unspecified atom stereocenters. The van der Waals surface area contributed by atoms with Crippen molar-refractivity contribution < 1.29 is 17.6 Å². The van der Waals surface area contributed by atoms with E-state index < -0.39 is 15.9 Å². The van der Waals surface area contributed by atoms with E-state index in [0.717, 1.165) is 11.1 Å². The predicted molar refractivity (Wildman–Crippen MR) is 81.0 cm³/mol. The maximum atomic E-state index is 12.2. The number of benzene rings is 1. The zero-order valence-electron chi connectivity index (χ0n) is 11.6. The SMILES string of the molecule is O=C(NNS(=O)(=O)C1=Cc2ccccc2CC1)c1ccco1. The molecule has 1 aliphatic rings. The van der Waals surface area contributed by atoms with Crippen LogP contribution in [0.25, 0.3) is 6.08 Å². The molecule has 1 heterocycles. The summed E-state index contributed by atoms with van der Waals surface area (Å²) in [6.07, 6.45) is 4.00. The number of sulfonamides is 1. The molecule has 0 fully saturated rings. The van der Waals surface area contributed by atoms with E-state index in [1.54, 1.807) is 12.1 Å². The average Bonchev–Trinajstić information content (AvgIpc) is 3.07. The van der Waals surface area contributed by atoms with Crippen LogP contribution in [0.1, 0.15) is 28.1 Å². The zero-order valence-corrected chi connectivity index (χ0v) is 12.4. The Morgan fingerprint density at radius 2 is 1.91 bits per heavy atom. The van der Waals surface area contributed by atoms with Gasteiger partial charge in [-0.15, -0.1) is 4.83 Å². The van der Waals surface area contributed by atoms with Crippen LogP contribution in [0.5, 0.6) is 0 Å². The van der Waals surface area contributed by atoms with Crippen LogP contribution in [-0.4, -0.2) is 14.3 Å². The van der Waals surface area contributed by atoms with Gasteiger partial charge in [-0.2, -0.15) is 0 Å². The van der Waals surface area contributed by atoms with Gasteiger partial charge < -0.3 is 4.42 Å². The van der Waals surface area contributed by atoms with E-state index in [1.807, 2.05) is 24.3 Å². The summed E-state index contributed by atoms with van der Waals surface area (Å²) < 4.78 is 29.4. The molecule has 0 bridgehead atoms. The first-order valence-electron chi connectivity index (χ1n) is 6.70. The van der Waals surface area contributed by atoms with Crippen molar-refractivity contribution in [1.82, 2.24) is 10.3 Å². The van der Waals surface area contributed by atoms with Crippen LogP contribution in [0.15, 0.2) is 52.0 Å². The van der Waals surface area contributed by atoms with E-state index >= 15 is 0 Å². The molecule has 7 heteroatoms. The number of hydrazine groups is 1. The fourth-order valence-corrected chi connectivity index (χ4v) is 3.28. The van der Waals surface area contributed by atoms with E-state index in [4.69, 9.17) is 4.42 Å². The Bertz CT molecular complexity index is 823. The number of fused-ring (bicyclic) bond motifs is 1. The number of hydrogen-bond donors (Lipinski definition) is 2. The summed E-state index contributed by atoms with van der Waals surface area (Å²) in [5.74, 6) is -0.615. The number of carbonyl (C=O) groups excluding carboxylic acids is 1. The zero-order chi connectivity index (χ0) is 15.6. The number of nitrogens with one attached hydrogen (secondary N) is 2. The van der Waals surface area contributed by atoms with Gasteiger partial charge in [0.15, 0.2) is 5.76 Å². The third kappa shape index (κ3) is 2.95. The van der Waals surface area contributed by atoms with Crippen LogP contribution >= 0.6 is 0 Å². The highest BCUT2D eigenvalue weighted by Gasteiger charge is 2.22. The van der Waals surface area contributed by atoms with Gasteiger partial charge in [-0.25, -0.2) is 8.42 Å². The van der Waals surface area contributed by atoms with Crippen molar-refractivity contribution in [3.8, 4) is 0 Å². The van der Waals surface area contributed by atoms with Gasteiger partial charge in [-0.1, -0.05) is 24.3 Å². The first-order chi connectivity index (χ1) is 10.6. The molecule has 1 amide bonds. The van der Waals surface area contributed by atoms with Gasteiger partial charge in [0.25, 0.3) is 10.0 Å². The largest absolute Gasteiger partial charge is 0.459 e. The summed E-state index contributed by atoms with van der Waals surface area (Å²) in [6.45, 7) is 0. The third-order valence-corrected chi connectivity index (χ3v) is 4.78. The highest BCUT2D eigenvalue weighted by Crippen LogP contribution is 2.26. The van der Waals surface area contributed by atoms with Crippen molar-refractivity contribution in [2.75, 3.05) is 0 Å². The van der Waals surface area contributed by atoms with Gasteiger partial charge in [-0.05, 0) is 42.2 Å². The number of aryl methyl sites for hydroxylation is 1. The summed E-state index contributed by atoms with van der Waals surface area (Å²) in [6, 6.07) is 10.6. The average molecular weight is 318 g/mol. The molecular formula is C15H14N2O4S. The van der Waals surface area contributed by atoms with Crippen molar-refractivity contribution in [3.63, 3.8) is 0 Å². The van der Waals surface area contributed by atoms with Crippen molar-refractivity contribution in [2.45, 2.75) is 12.8 Å². The lowest BCUT2D eigenvalue weighted by atomic mass is 9.98. The second-order valence-corrected chi connectivity index (χ2v) is 6.58. The summed E-state index contributed by atoms with van der Waals surface area (Å²) in [5, 5.41) is 0. The van der Waals surface area contributed by atoms with Crippen molar-refractivity contribution in [2.24, 2.45) is 0 Å². The molecule has 114 valence electrons. The Kier molecular flexibility index (Phi) is 3.82. The highest BCUT2D eigenvalue weighted by atomic mass is 32.2. The first-order valence-corrected chi connectivity index (χ1v) is 8.19. The number of carbonyl (C=O) groups is 1. The molecule has 0 aliphatic heterocycles. The van der Waals surface area contributed by atoms with Crippen LogP contribution in [0, 0.1) is 0 Å². The number of hydrogen-bond acceptors (Lipinski definition) is 4. The summed E-state index contributed by atoms with van der Waals surface area (Å²) in [5.41, 5.74) is 4.13. The quantitative estimate of drug-likeness (QED) is 0.842. The number of rotatable bonds is 4. The molecule has 1 aromatic carbocycles. The van der Waals surface area contributed by atoms with Crippen molar-refractivity contribution >= 4 is 22.0 Å². The van der Waals surface area contributed by atoms with Gasteiger partial charge in [0.1, 0.15) is 0 Å². The van der Waals surface area contributed by atoms with E-state index in [-0.39, 0.29) is 10.7 Å². The normalized spacial score (nSPS) is 14.1. The smallest absolute Gasteiger partial charge is 0.301 e. The second-order valence-electron chi connectivity index (χ2n) is 4.85. The number of amides is 1. The van der Waals surface area contributed by atoms with Crippen molar-refractivity contribution in [3.05, 3.63) is 64.5 Å². The molecule has 0 saturated heterocycles. The van der Waals surface area contributed by atoms with Crippen LogP contribution in [-0.2, 0) is 16.4 Å². The minimum Gasteiger partial charge on any atom is -0.459 e. The lowest BCUT2D eigenvalue weighted by Crippen LogP contribution is -2.42. The molecule has 0 radical (unpaired) electrons. The fraction of sp³-hybridized carbons (Fsp3) is 0.133. The first kappa shape index (κ1) is 14.6. The topological polar surface area (TPSA) is 88.4 Å². The Morgan fingerprint density at radius 3 is 2.68 bits per heavy atom. The molecular weight excluding hydrogens is 304 g/mol. The summed E-state index contributed by atoms with van der Waals surface area (Å²) >= 11 is 0. The van der Waals surface area contributed by atoms with E-state index in [0.29, 0.717) is 12.8 Å². The molecule has 0 atom stereocenters. The molecule has 1 aliphatic carbocycles. The number of allylic oxidation sites excluding steroid dienone is 1. The molecule has 2 aromatic rings. The Balaban J connectivity index is 1.74. The molecule has 3 rings (SSSR count). The Morgan fingerprint density at radius 1 is 1.09 bits per heavy atom. The van der Waals surface area contributed by atoms with E-state index in [1.165, 1.54) is 12.3 Å². The molecule has 1 aromatic heterocycles. The van der Waals surface area contributed by atoms with Crippen LogP contribution in [0.2, 0.25) is 0 Å². The molecule has 22 heavy (non-hydrogen) atoms. The predicted octanol–water partition coefficient (Wildman–Crippen LogP) is 1.83. The molecule has 6 nitrogen and oxygen atoms in total. The minimum atomic E-state index is -3.77. The summed E-state index contributed by atoms with van der Waals surface area (Å²) in [7, 11) is -3.77. The van der Waals surface area contributed by atoms with E-state index in [2.05, 4.69) is 10.3 Å².